The Bertz CT molecular complexity index is 1220. The number of hydrogen-bond acceptors (Lipinski definition) is 6. The van der Waals surface area contributed by atoms with Crippen molar-refractivity contribution in [1.29, 1.82) is 0 Å². The zero-order chi connectivity index (χ0) is 25.8. The molecule has 2 saturated carbocycles. The SMILES string of the molecule is Cc1ncc(Cl)cc1N[C@H](Cn1cccn1)c1ccc(C(=O)N[C@@H](CC2CCCC2)C(=O)NC2CC2)s1. The third kappa shape index (κ3) is 6.90. The molecule has 2 fully saturated rings. The fraction of sp³-hybridized carbons (Fsp3) is 0.481. The molecule has 196 valence electrons. The largest absolute Gasteiger partial charge is 0.374 e. The Morgan fingerprint density at radius 1 is 1.22 bits per heavy atom. The molecule has 2 amide bonds. The molecule has 0 radical (unpaired) electrons. The maximum Gasteiger partial charge on any atom is 0.262 e. The van der Waals surface area contributed by atoms with Crippen LogP contribution in [-0.4, -0.2) is 38.7 Å². The molecule has 3 heterocycles. The smallest absolute Gasteiger partial charge is 0.262 e. The molecule has 0 unspecified atom stereocenters. The minimum absolute atomic E-state index is 0.0540. The maximum atomic E-state index is 13.3. The Morgan fingerprint density at radius 3 is 2.76 bits per heavy atom. The van der Waals surface area contributed by atoms with E-state index in [1.165, 1.54) is 24.2 Å². The van der Waals surface area contributed by atoms with E-state index in [-0.39, 0.29) is 23.9 Å². The molecule has 5 rings (SSSR count). The minimum atomic E-state index is -0.500. The van der Waals surface area contributed by atoms with Crippen molar-refractivity contribution < 1.29 is 9.59 Å². The lowest BCUT2D eigenvalue weighted by Crippen LogP contribution is -2.48. The summed E-state index contributed by atoms with van der Waals surface area (Å²) in [5, 5.41) is 14.6. The van der Waals surface area contributed by atoms with E-state index in [0.717, 1.165) is 41.9 Å². The molecule has 0 aromatic carbocycles. The number of halogens is 1. The lowest BCUT2D eigenvalue weighted by Gasteiger charge is -2.21. The molecule has 37 heavy (non-hydrogen) atoms. The molecule has 10 heteroatoms. The Morgan fingerprint density at radius 2 is 2.03 bits per heavy atom. The highest BCUT2D eigenvalue weighted by atomic mass is 35.5. The summed E-state index contributed by atoms with van der Waals surface area (Å²) in [4.78, 5) is 32.2. The van der Waals surface area contributed by atoms with Crippen molar-refractivity contribution in [3.63, 3.8) is 0 Å². The highest BCUT2D eigenvalue weighted by Crippen LogP contribution is 2.31. The molecule has 0 saturated heterocycles. The first-order valence-corrected chi connectivity index (χ1v) is 14.2. The van der Waals surface area contributed by atoms with Crippen molar-refractivity contribution in [2.24, 2.45) is 5.92 Å². The van der Waals surface area contributed by atoms with Crippen molar-refractivity contribution in [3.05, 3.63) is 63.3 Å². The molecule has 0 spiro atoms. The van der Waals surface area contributed by atoms with Crippen molar-refractivity contribution in [2.45, 2.75) is 76.5 Å². The predicted molar refractivity (Wildman–Crippen MR) is 146 cm³/mol. The second kappa shape index (κ2) is 11.6. The average molecular weight is 541 g/mol. The Hall–Kier alpha value is -2.91. The van der Waals surface area contributed by atoms with Gasteiger partial charge >= 0.3 is 0 Å². The quantitative estimate of drug-likeness (QED) is 0.314. The van der Waals surface area contributed by atoms with Gasteiger partial charge in [-0.2, -0.15) is 5.10 Å². The van der Waals surface area contributed by atoms with E-state index in [1.54, 1.807) is 12.4 Å². The van der Waals surface area contributed by atoms with Crippen LogP contribution in [0.2, 0.25) is 5.02 Å². The molecule has 8 nitrogen and oxygen atoms in total. The van der Waals surface area contributed by atoms with Crippen LogP contribution < -0.4 is 16.0 Å². The Labute approximate surface area is 226 Å². The van der Waals surface area contributed by atoms with Crippen molar-refractivity contribution >= 4 is 40.4 Å². The van der Waals surface area contributed by atoms with Crippen LogP contribution in [0.1, 0.15) is 71.2 Å². The summed E-state index contributed by atoms with van der Waals surface area (Å²) in [6, 6.07) is 7.15. The van der Waals surface area contributed by atoms with E-state index in [2.05, 4.69) is 26.0 Å². The first-order valence-electron chi connectivity index (χ1n) is 13.0. The third-order valence-corrected chi connectivity index (χ3v) is 8.50. The van der Waals surface area contributed by atoms with Gasteiger partial charge < -0.3 is 16.0 Å². The van der Waals surface area contributed by atoms with Crippen molar-refractivity contribution in [3.8, 4) is 0 Å². The summed E-state index contributed by atoms with van der Waals surface area (Å²) in [6.45, 7) is 2.49. The highest BCUT2D eigenvalue weighted by Gasteiger charge is 2.31. The summed E-state index contributed by atoms with van der Waals surface area (Å²) >= 11 is 7.62. The van der Waals surface area contributed by atoms with Gasteiger partial charge in [-0.15, -0.1) is 11.3 Å². The number of amides is 2. The zero-order valence-electron chi connectivity index (χ0n) is 21.0. The first-order chi connectivity index (χ1) is 17.9. The molecule has 0 bridgehead atoms. The molecule has 2 aliphatic rings. The predicted octanol–water partition coefficient (Wildman–Crippen LogP) is 5.11. The molecule has 2 atom stereocenters. The number of nitrogens with one attached hydrogen (secondary N) is 3. The monoisotopic (exact) mass is 540 g/mol. The summed E-state index contributed by atoms with van der Waals surface area (Å²) < 4.78 is 1.85. The number of nitrogens with zero attached hydrogens (tertiary/aromatic N) is 3. The highest BCUT2D eigenvalue weighted by molar-refractivity contribution is 7.14. The fourth-order valence-electron chi connectivity index (χ4n) is 4.88. The lowest BCUT2D eigenvalue weighted by atomic mass is 9.97. The van der Waals surface area contributed by atoms with E-state index >= 15 is 0 Å². The van der Waals surface area contributed by atoms with Gasteiger partial charge in [0.2, 0.25) is 5.91 Å². The number of aryl methyl sites for hydroxylation is 1. The van der Waals surface area contributed by atoms with Gasteiger partial charge in [-0.1, -0.05) is 37.3 Å². The van der Waals surface area contributed by atoms with E-state index in [4.69, 9.17) is 11.6 Å². The molecular weight excluding hydrogens is 508 g/mol. The van der Waals surface area contributed by atoms with Crippen molar-refractivity contribution in [2.75, 3.05) is 5.32 Å². The summed E-state index contributed by atoms with van der Waals surface area (Å²) in [6.07, 6.45) is 12.7. The van der Waals surface area contributed by atoms with Gasteiger partial charge in [-0.25, -0.2) is 0 Å². The van der Waals surface area contributed by atoms with Crippen LogP contribution in [0.15, 0.2) is 42.9 Å². The van der Waals surface area contributed by atoms with Gasteiger partial charge in [0.1, 0.15) is 6.04 Å². The van der Waals surface area contributed by atoms with Crippen LogP contribution in [0.4, 0.5) is 5.69 Å². The number of thiophene rings is 1. The van der Waals surface area contributed by atoms with Gasteiger partial charge in [-0.3, -0.25) is 19.3 Å². The van der Waals surface area contributed by atoms with Crippen LogP contribution >= 0.6 is 22.9 Å². The van der Waals surface area contributed by atoms with Crippen LogP contribution in [0.25, 0.3) is 0 Å². The van der Waals surface area contributed by atoms with Crippen LogP contribution in [0, 0.1) is 12.8 Å². The molecule has 3 aromatic rings. The van der Waals surface area contributed by atoms with Gasteiger partial charge in [-0.05, 0) is 56.4 Å². The Balaban J connectivity index is 1.32. The maximum absolute atomic E-state index is 13.3. The number of carbonyl (C=O) groups is 2. The molecule has 2 aliphatic carbocycles. The van der Waals surface area contributed by atoms with E-state index in [0.29, 0.717) is 28.8 Å². The van der Waals surface area contributed by atoms with E-state index in [1.807, 2.05) is 42.1 Å². The zero-order valence-corrected chi connectivity index (χ0v) is 22.5. The third-order valence-electron chi connectivity index (χ3n) is 7.10. The summed E-state index contributed by atoms with van der Waals surface area (Å²) in [7, 11) is 0. The topological polar surface area (TPSA) is 101 Å². The van der Waals surface area contributed by atoms with Gasteiger partial charge in [0.25, 0.3) is 5.91 Å². The van der Waals surface area contributed by atoms with Gasteiger partial charge in [0.15, 0.2) is 0 Å². The minimum Gasteiger partial charge on any atom is -0.374 e. The van der Waals surface area contributed by atoms with Crippen LogP contribution in [-0.2, 0) is 11.3 Å². The first kappa shape index (κ1) is 25.7. The van der Waals surface area contributed by atoms with Gasteiger partial charge in [0, 0.05) is 29.5 Å². The van der Waals surface area contributed by atoms with Crippen molar-refractivity contribution in [1.82, 2.24) is 25.4 Å². The molecule has 0 aliphatic heterocycles. The number of carbonyl (C=O) groups excluding carboxylic acids is 2. The average Bonchev–Trinajstić information content (AvgIpc) is 3.31. The molecule has 3 aromatic heterocycles. The molecular formula is C27H33ClN6O2S. The van der Waals surface area contributed by atoms with Gasteiger partial charge in [0.05, 0.1) is 33.9 Å². The summed E-state index contributed by atoms with van der Waals surface area (Å²) in [5.74, 6) is 0.233. The molecule has 3 N–H and O–H groups in total. The number of hydrogen-bond donors (Lipinski definition) is 3. The standard InChI is InChI=1S/C27H33ClN6O2S/c1-17-21(14-19(28)15-29-17)32-23(16-34-12-4-11-30-34)24-9-10-25(37-24)27(36)33-22(13-18-5-2-3-6-18)26(35)31-20-7-8-20/h4,9-12,14-15,18,20,22-23,32H,2-3,5-8,13,16H2,1H3,(H,31,35)(H,33,36)/t22-,23+/m0/s1. The normalized spacial score (nSPS) is 17.4. The fourth-order valence-corrected chi connectivity index (χ4v) is 5.99. The van der Waals surface area contributed by atoms with Crippen LogP contribution in [0.3, 0.4) is 0 Å². The number of rotatable bonds is 11. The second-order valence-corrected chi connectivity index (χ2v) is 11.7. The Kier molecular flexibility index (Phi) is 8.10. The second-order valence-electron chi connectivity index (χ2n) is 10.1. The summed E-state index contributed by atoms with van der Waals surface area (Å²) in [5.41, 5.74) is 1.67. The number of aromatic nitrogens is 3. The van der Waals surface area contributed by atoms with E-state index < -0.39 is 6.04 Å². The van der Waals surface area contributed by atoms with Crippen LogP contribution in [0.5, 0.6) is 0 Å². The lowest BCUT2D eigenvalue weighted by molar-refractivity contribution is -0.123. The number of pyridine rings is 1. The van der Waals surface area contributed by atoms with E-state index in [9.17, 15) is 9.59 Å². The number of anilines is 1.